The van der Waals surface area contributed by atoms with Crippen molar-refractivity contribution in [2.75, 3.05) is 19.7 Å². The second-order valence-corrected chi connectivity index (χ2v) is 5.56. The van der Waals surface area contributed by atoms with Gasteiger partial charge in [0.2, 0.25) is 0 Å². The minimum Gasteiger partial charge on any atom is -0.490 e. The van der Waals surface area contributed by atoms with E-state index in [1.54, 1.807) is 17.9 Å². The third kappa shape index (κ3) is 2.78. The number of ether oxygens (including phenoxy) is 1. The van der Waals surface area contributed by atoms with Gasteiger partial charge in [-0.3, -0.25) is 4.79 Å². The van der Waals surface area contributed by atoms with Gasteiger partial charge < -0.3 is 9.64 Å². The van der Waals surface area contributed by atoms with Gasteiger partial charge in [-0.25, -0.2) is 14.1 Å². The van der Waals surface area contributed by atoms with Gasteiger partial charge in [-0.05, 0) is 32.9 Å². The summed E-state index contributed by atoms with van der Waals surface area (Å²) in [5.74, 6) is 0.837. The number of amides is 1. The standard InChI is InChI=1S/C16H19FN4O2/c1-4-23-15-13(6-5-7-14(15)17)16(22)20-8-12(9-20)21-11(3)18-10(2)19-21/h5-7,12H,4,8-9H2,1-3H3. The van der Waals surface area contributed by atoms with Gasteiger partial charge in [0.05, 0.1) is 18.2 Å². The molecule has 0 bridgehead atoms. The van der Waals surface area contributed by atoms with Crippen LogP contribution in [0.3, 0.4) is 0 Å². The van der Waals surface area contributed by atoms with Gasteiger partial charge in [0.15, 0.2) is 11.6 Å². The van der Waals surface area contributed by atoms with Crippen molar-refractivity contribution in [3.8, 4) is 5.75 Å². The Balaban J connectivity index is 1.74. The molecule has 0 N–H and O–H groups in total. The first kappa shape index (κ1) is 15.5. The Morgan fingerprint density at radius 2 is 2.13 bits per heavy atom. The lowest BCUT2D eigenvalue weighted by molar-refractivity contribution is 0.0492. The molecule has 122 valence electrons. The van der Waals surface area contributed by atoms with E-state index in [1.165, 1.54) is 12.1 Å². The number of aryl methyl sites for hydroxylation is 2. The van der Waals surface area contributed by atoms with E-state index >= 15 is 0 Å². The van der Waals surface area contributed by atoms with E-state index < -0.39 is 5.82 Å². The molecule has 2 aromatic rings. The summed E-state index contributed by atoms with van der Waals surface area (Å²) in [5, 5.41) is 4.34. The fourth-order valence-electron chi connectivity index (χ4n) is 2.80. The summed E-state index contributed by atoms with van der Waals surface area (Å²) in [6.07, 6.45) is 0. The Morgan fingerprint density at radius 3 is 2.74 bits per heavy atom. The lowest BCUT2D eigenvalue weighted by atomic mass is 10.1. The lowest BCUT2D eigenvalue weighted by Crippen LogP contribution is -2.51. The molecule has 0 radical (unpaired) electrons. The van der Waals surface area contributed by atoms with Crippen molar-refractivity contribution in [1.29, 1.82) is 0 Å². The number of rotatable bonds is 4. The predicted molar refractivity (Wildman–Crippen MR) is 82.0 cm³/mol. The van der Waals surface area contributed by atoms with Crippen molar-refractivity contribution < 1.29 is 13.9 Å². The van der Waals surface area contributed by atoms with Crippen LogP contribution in [0.25, 0.3) is 0 Å². The van der Waals surface area contributed by atoms with Crippen molar-refractivity contribution in [3.63, 3.8) is 0 Å². The fraction of sp³-hybridized carbons (Fsp3) is 0.438. The van der Waals surface area contributed by atoms with Crippen LogP contribution < -0.4 is 4.74 Å². The van der Waals surface area contributed by atoms with Crippen LogP contribution in [0, 0.1) is 19.7 Å². The van der Waals surface area contributed by atoms with Crippen LogP contribution in [0.5, 0.6) is 5.75 Å². The Labute approximate surface area is 133 Å². The maximum atomic E-state index is 13.9. The van der Waals surface area contributed by atoms with E-state index in [9.17, 15) is 9.18 Å². The first-order valence-corrected chi connectivity index (χ1v) is 7.61. The second kappa shape index (κ2) is 5.98. The Hall–Kier alpha value is -2.44. The van der Waals surface area contributed by atoms with E-state index in [2.05, 4.69) is 10.1 Å². The van der Waals surface area contributed by atoms with E-state index in [0.29, 0.717) is 19.7 Å². The molecular weight excluding hydrogens is 299 g/mol. The molecule has 23 heavy (non-hydrogen) atoms. The molecule has 1 saturated heterocycles. The van der Waals surface area contributed by atoms with E-state index in [0.717, 1.165) is 11.6 Å². The number of benzene rings is 1. The Bertz CT molecular complexity index is 738. The molecule has 2 heterocycles. The largest absolute Gasteiger partial charge is 0.490 e. The van der Waals surface area contributed by atoms with Gasteiger partial charge >= 0.3 is 0 Å². The summed E-state index contributed by atoms with van der Waals surface area (Å²) in [6.45, 7) is 6.86. The summed E-state index contributed by atoms with van der Waals surface area (Å²) in [6, 6.07) is 4.52. The number of likely N-dealkylation sites (tertiary alicyclic amines) is 1. The molecule has 1 aliphatic rings. The smallest absolute Gasteiger partial charge is 0.257 e. The average Bonchev–Trinajstić information content (AvgIpc) is 2.78. The topological polar surface area (TPSA) is 60.2 Å². The number of para-hydroxylation sites is 1. The predicted octanol–water partition coefficient (Wildman–Crippen LogP) is 2.13. The zero-order valence-electron chi connectivity index (χ0n) is 13.4. The summed E-state index contributed by atoms with van der Waals surface area (Å²) in [4.78, 5) is 18.5. The average molecular weight is 318 g/mol. The monoisotopic (exact) mass is 318 g/mol. The second-order valence-electron chi connectivity index (χ2n) is 5.56. The van der Waals surface area contributed by atoms with Crippen molar-refractivity contribution in [2.24, 2.45) is 0 Å². The number of carbonyl (C=O) groups excluding carboxylic acids is 1. The van der Waals surface area contributed by atoms with Crippen molar-refractivity contribution in [3.05, 3.63) is 41.2 Å². The number of carbonyl (C=O) groups is 1. The Morgan fingerprint density at radius 1 is 1.39 bits per heavy atom. The highest BCUT2D eigenvalue weighted by Gasteiger charge is 2.35. The van der Waals surface area contributed by atoms with Gasteiger partial charge in [0.1, 0.15) is 11.6 Å². The SMILES string of the molecule is CCOc1c(F)cccc1C(=O)N1CC(n2nc(C)nc2C)C1. The van der Waals surface area contributed by atoms with E-state index in [1.807, 2.05) is 18.5 Å². The summed E-state index contributed by atoms with van der Waals surface area (Å²) in [5.41, 5.74) is 0.261. The minimum absolute atomic E-state index is 0.0243. The quantitative estimate of drug-likeness (QED) is 0.866. The van der Waals surface area contributed by atoms with Crippen molar-refractivity contribution in [1.82, 2.24) is 19.7 Å². The molecule has 3 rings (SSSR count). The minimum atomic E-state index is -0.516. The highest BCUT2D eigenvalue weighted by molar-refractivity contribution is 5.97. The van der Waals surface area contributed by atoms with Gasteiger partial charge in [-0.2, -0.15) is 5.10 Å². The van der Waals surface area contributed by atoms with Crippen LogP contribution in [-0.2, 0) is 0 Å². The summed E-state index contributed by atoms with van der Waals surface area (Å²) < 4.78 is 21.0. The van der Waals surface area contributed by atoms with Gasteiger partial charge in [-0.15, -0.1) is 0 Å². The third-order valence-electron chi connectivity index (χ3n) is 3.89. The number of halogens is 1. The van der Waals surface area contributed by atoms with Crippen LogP contribution in [0.2, 0.25) is 0 Å². The summed E-state index contributed by atoms with van der Waals surface area (Å²) >= 11 is 0. The highest BCUT2D eigenvalue weighted by atomic mass is 19.1. The Kier molecular flexibility index (Phi) is 4.02. The van der Waals surface area contributed by atoms with E-state index in [4.69, 9.17) is 4.74 Å². The van der Waals surface area contributed by atoms with Crippen LogP contribution in [0.4, 0.5) is 4.39 Å². The molecule has 1 aromatic carbocycles. The lowest BCUT2D eigenvalue weighted by Gasteiger charge is -2.39. The van der Waals surface area contributed by atoms with Crippen molar-refractivity contribution >= 4 is 5.91 Å². The maximum absolute atomic E-state index is 13.9. The van der Waals surface area contributed by atoms with Crippen LogP contribution in [0.15, 0.2) is 18.2 Å². The highest BCUT2D eigenvalue weighted by Crippen LogP contribution is 2.29. The maximum Gasteiger partial charge on any atom is 0.257 e. The first-order chi connectivity index (χ1) is 11.0. The molecular formula is C16H19FN4O2. The van der Waals surface area contributed by atoms with Gasteiger partial charge in [-0.1, -0.05) is 6.07 Å². The molecule has 1 amide bonds. The van der Waals surface area contributed by atoms with Crippen LogP contribution in [-0.4, -0.2) is 45.3 Å². The zero-order valence-corrected chi connectivity index (χ0v) is 13.4. The first-order valence-electron chi connectivity index (χ1n) is 7.61. The molecule has 1 aliphatic heterocycles. The van der Waals surface area contributed by atoms with E-state index in [-0.39, 0.29) is 23.3 Å². The molecule has 0 spiro atoms. The zero-order chi connectivity index (χ0) is 16.6. The van der Waals surface area contributed by atoms with Gasteiger partial charge in [0.25, 0.3) is 5.91 Å². The van der Waals surface area contributed by atoms with Gasteiger partial charge in [0, 0.05) is 13.1 Å². The molecule has 6 nitrogen and oxygen atoms in total. The summed E-state index contributed by atoms with van der Waals surface area (Å²) in [7, 11) is 0. The number of nitrogens with zero attached hydrogens (tertiary/aromatic N) is 4. The molecule has 7 heteroatoms. The molecule has 1 fully saturated rings. The molecule has 0 atom stereocenters. The molecule has 0 unspecified atom stereocenters. The molecule has 0 saturated carbocycles. The molecule has 0 aliphatic carbocycles. The number of aromatic nitrogens is 3. The normalized spacial score (nSPS) is 14.7. The molecule has 1 aromatic heterocycles. The third-order valence-corrected chi connectivity index (χ3v) is 3.89. The number of hydrogen-bond acceptors (Lipinski definition) is 4. The fourth-order valence-corrected chi connectivity index (χ4v) is 2.80. The van der Waals surface area contributed by atoms with Crippen molar-refractivity contribution in [2.45, 2.75) is 26.8 Å². The number of hydrogen-bond donors (Lipinski definition) is 0. The van der Waals surface area contributed by atoms with Crippen LogP contribution in [0.1, 0.15) is 35.0 Å². The van der Waals surface area contributed by atoms with Crippen LogP contribution >= 0.6 is 0 Å².